The number of halogens is 3. The average molecular weight is 198 g/mol. The van der Waals surface area contributed by atoms with Crippen LogP contribution in [0.2, 0.25) is 13.1 Å². The maximum Gasteiger partial charge on any atom is 0.470 e. The molecule has 0 unspecified atom stereocenters. The molecule has 0 N–H and O–H groups in total. The second kappa shape index (κ2) is 3.93. The fraction of sp³-hybridized carbons (Fsp3) is 0.833. The molecule has 12 heavy (non-hydrogen) atoms. The minimum atomic E-state index is -4.72. The van der Waals surface area contributed by atoms with Crippen LogP contribution in [0, 0.1) is 0 Å². The third-order valence-corrected chi connectivity index (χ3v) is 2.94. The van der Waals surface area contributed by atoms with E-state index in [1.54, 1.807) is 20.0 Å². The molecule has 0 heterocycles. The molecule has 1 radical (unpaired) electrons. The first-order valence-electron chi connectivity index (χ1n) is 3.49. The first-order chi connectivity index (χ1) is 5.30. The van der Waals surface area contributed by atoms with E-state index in [0.717, 1.165) is 4.57 Å². The summed E-state index contributed by atoms with van der Waals surface area (Å²) in [7, 11) is -1.34. The van der Waals surface area contributed by atoms with Gasteiger partial charge in [-0.1, -0.05) is 13.1 Å². The Morgan fingerprint density at radius 2 is 1.83 bits per heavy atom. The maximum absolute atomic E-state index is 11.9. The van der Waals surface area contributed by atoms with E-state index in [9.17, 15) is 18.0 Å². The Bertz CT molecular complexity index is 169. The quantitative estimate of drug-likeness (QED) is 0.618. The summed E-state index contributed by atoms with van der Waals surface area (Å²) >= 11 is 0. The zero-order valence-electron chi connectivity index (χ0n) is 7.20. The number of carbonyl (C=O) groups is 1. The highest BCUT2D eigenvalue weighted by Gasteiger charge is 2.42. The number of carbonyl (C=O) groups excluding carboxylic acids is 1. The molecular formula is C6H11F3NOSi. The number of hydrogen-bond acceptors (Lipinski definition) is 1. The van der Waals surface area contributed by atoms with Gasteiger partial charge in [-0.15, -0.1) is 0 Å². The summed E-state index contributed by atoms with van der Waals surface area (Å²) in [6.45, 7) is 4.97. The number of nitrogens with zero attached hydrogens (tertiary/aromatic N) is 1. The van der Waals surface area contributed by atoms with Crippen LogP contribution in [-0.4, -0.2) is 32.2 Å². The molecule has 0 aromatic rings. The average Bonchev–Trinajstić information content (AvgIpc) is 1.86. The highest BCUT2D eigenvalue weighted by molar-refractivity contribution is 6.55. The molecule has 0 aromatic carbocycles. The molecule has 0 saturated heterocycles. The minimum Gasteiger partial charge on any atom is -0.363 e. The van der Waals surface area contributed by atoms with Gasteiger partial charge in [-0.2, -0.15) is 13.2 Å². The molecule has 2 nitrogen and oxygen atoms in total. The largest absolute Gasteiger partial charge is 0.470 e. The van der Waals surface area contributed by atoms with Gasteiger partial charge in [-0.25, -0.2) is 0 Å². The first-order valence-corrected chi connectivity index (χ1v) is 5.94. The SMILES string of the molecule is CCN(C(=O)C(F)(F)F)[Si](C)C. The Morgan fingerprint density at radius 1 is 1.42 bits per heavy atom. The standard InChI is InChI=1S/C6H11F3NOSi/c1-4-10(12(2)3)5(11)6(7,8)9/h4H2,1-3H3. The summed E-state index contributed by atoms with van der Waals surface area (Å²) in [5.74, 6) is -1.72. The first kappa shape index (κ1) is 11.5. The Labute approximate surface area is 71.0 Å². The van der Waals surface area contributed by atoms with Crippen molar-refractivity contribution in [2.75, 3.05) is 6.54 Å². The third kappa shape index (κ3) is 2.84. The van der Waals surface area contributed by atoms with Crippen LogP contribution < -0.4 is 0 Å². The van der Waals surface area contributed by atoms with Crippen molar-refractivity contribution in [2.24, 2.45) is 0 Å². The van der Waals surface area contributed by atoms with Crippen LogP contribution in [0.15, 0.2) is 0 Å². The van der Waals surface area contributed by atoms with E-state index in [0.29, 0.717) is 0 Å². The Balaban J connectivity index is 4.44. The summed E-state index contributed by atoms with van der Waals surface area (Å²) in [5.41, 5.74) is 0. The molecular weight excluding hydrogens is 187 g/mol. The Kier molecular flexibility index (Phi) is 3.76. The van der Waals surface area contributed by atoms with Crippen molar-refractivity contribution in [1.82, 2.24) is 4.57 Å². The van der Waals surface area contributed by atoms with Gasteiger partial charge in [-0.05, 0) is 6.92 Å². The van der Waals surface area contributed by atoms with Crippen molar-refractivity contribution in [3.8, 4) is 0 Å². The summed E-state index contributed by atoms with van der Waals surface area (Å²) in [5, 5.41) is 0. The van der Waals surface area contributed by atoms with E-state index in [-0.39, 0.29) is 6.54 Å². The van der Waals surface area contributed by atoms with Crippen molar-refractivity contribution in [3.63, 3.8) is 0 Å². The number of hydrogen-bond donors (Lipinski definition) is 0. The van der Waals surface area contributed by atoms with Gasteiger partial charge in [0.1, 0.15) is 0 Å². The molecule has 1 amide bonds. The van der Waals surface area contributed by atoms with E-state index in [4.69, 9.17) is 0 Å². The highest BCUT2D eigenvalue weighted by Crippen LogP contribution is 2.18. The number of rotatable bonds is 2. The zero-order valence-corrected chi connectivity index (χ0v) is 8.20. The lowest BCUT2D eigenvalue weighted by molar-refractivity contribution is -0.180. The highest BCUT2D eigenvalue weighted by atomic mass is 28.3. The lowest BCUT2D eigenvalue weighted by atomic mass is 10.5. The lowest BCUT2D eigenvalue weighted by Crippen LogP contribution is -2.46. The van der Waals surface area contributed by atoms with Gasteiger partial charge in [0.05, 0.1) is 0 Å². The van der Waals surface area contributed by atoms with Gasteiger partial charge >= 0.3 is 12.1 Å². The fourth-order valence-electron chi connectivity index (χ4n) is 0.816. The van der Waals surface area contributed by atoms with Gasteiger partial charge in [0.25, 0.3) is 0 Å². The summed E-state index contributed by atoms with van der Waals surface area (Å²) in [6.07, 6.45) is -4.72. The zero-order chi connectivity index (χ0) is 9.94. The van der Waals surface area contributed by atoms with Crippen molar-refractivity contribution < 1.29 is 18.0 Å². The topological polar surface area (TPSA) is 20.3 Å². The van der Waals surface area contributed by atoms with Crippen molar-refractivity contribution >= 4 is 14.9 Å². The summed E-state index contributed by atoms with van der Waals surface area (Å²) < 4.78 is 36.5. The van der Waals surface area contributed by atoms with Crippen LogP contribution in [0.4, 0.5) is 13.2 Å². The van der Waals surface area contributed by atoms with Crippen LogP contribution in [-0.2, 0) is 4.79 Å². The fourth-order valence-corrected chi connectivity index (χ4v) is 1.98. The van der Waals surface area contributed by atoms with Gasteiger partial charge < -0.3 is 4.57 Å². The van der Waals surface area contributed by atoms with E-state index in [1.807, 2.05) is 0 Å². The van der Waals surface area contributed by atoms with Gasteiger partial charge in [-0.3, -0.25) is 4.79 Å². The maximum atomic E-state index is 11.9. The van der Waals surface area contributed by atoms with E-state index >= 15 is 0 Å². The molecule has 0 bridgehead atoms. The van der Waals surface area contributed by atoms with E-state index < -0.39 is 21.0 Å². The molecule has 0 spiro atoms. The van der Waals surface area contributed by atoms with E-state index in [1.165, 1.54) is 0 Å². The molecule has 0 aliphatic heterocycles. The molecule has 0 fully saturated rings. The summed E-state index contributed by atoms with van der Waals surface area (Å²) in [6, 6.07) is 0. The van der Waals surface area contributed by atoms with Gasteiger partial charge in [0, 0.05) is 6.54 Å². The van der Waals surface area contributed by atoms with Crippen LogP contribution >= 0.6 is 0 Å². The minimum absolute atomic E-state index is 0.125. The monoisotopic (exact) mass is 198 g/mol. The predicted octanol–water partition coefficient (Wildman–Crippen LogP) is 1.65. The number of alkyl halides is 3. The molecule has 0 saturated carbocycles. The van der Waals surface area contributed by atoms with Crippen LogP contribution in [0.5, 0.6) is 0 Å². The van der Waals surface area contributed by atoms with Crippen molar-refractivity contribution in [3.05, 3.63) is 0 Å². The predicted molar refractivity (Wildman–Crippen MR) is 40.9 cm³/mol. The third-order valence-electron chi connectivity index (χ3n) is 1.34. The van der Waals surface area contributed by atoms with Gasteiger partial charge in [0.2, 0.25) is 0 Å². The van der Waals surface area contributed by atoms with E-state index in [2.05, 4.69) is 0 Å². The molecule has 0 aliphatic rings. The Hall–Kier alpha value is -0.523. The molecule has 0 aromatic heterocycles. The number of amides is 1. The molecule has 0 atom stereocenters. The smallest absolute Gasteiger partial charge is 0.363 e. The normalized spacial score (nSPS) is 11.9. The van der Waals surface area contributed by atoms with Crippen molar-refractivity contribution in [2.45, 2.75) is 26.2 Å². The molecule has 0 aliphatic carbocycles. The molecule has 6 heteroatoms. The van der Waals surface area contributed by atoms with Gasteiger partial charge in [0.15, 0.2) is 8.96 Å². The van der Waals surface area contributed by atoms with Crippen LogP contribution in [0.3, 0.4) is 0 Å². The van der Waals surface area contributed by atoms with Crippen LogP contribution in [0.1, 0.15) is 6.92 Å². The Morgan fingerprint density at radius 3 is 1.92 bits per heavy atom. The second-order valence-electron chi connectivity index (χ2n) is 2.49. The van der Waals surface area contributed by atoms with Crippen molar-refractivity contribution in [1.29, 1.82) is 0 Å². The molecule has 71 valence electrons. The summed E-state index contributed by atoms with van der Waals surface area (Å²) in [4.78, 5) is 10.7. The second-order valence-corrected chi connectivity index (χ2v) is 4.93. The molecule has 0 rings (SSSR count). The van der Waals surface area contributed by atoms with Crippen LogP contribution in [0.25, 0.3) is 0 Å². The lowest BCUT2D eigenvalue weighted by Gasteiger charge is -2.24.